The molecule has 0 fully saturated rings. The fraction of sp³-hybridized carbons (Fsp3) is 1.00. The molecule has 0 aromatic heterocycles. The van der Waals surface area contributed by atoms with E-state index in [4.69, 9.17) is 11.6 Å². The number of halogens is 1. The van der Waals surface area contributed by atoms with E-state index in [9.17, 15) is 0 Å². The Morgan fingerprint density at radius 3 is 1.75 bits per heavy atom. The summed E-state index contributed by atoms with van der Waals surface area (Å²) in [4.78, 5) is 0. The van der Waals surface area contributed by atoms with Crippen molar-refractivity contribution in [2.75, 3.05) is 5.50 Å². The molecule has 0 N–H and O–H groups in total. The van der Waals surface area contributed by atoms with E-state index in [1.54, 1.807) is 0 Å². The molecule has 0 bridgehead atoms. The second kappa shape index (κ2) is 2.88. The fourth-order valence-electron chi connectivity index (χ4n) is 0.154. The first-order chi connectivity index (χ1) is 3.50. The summed E-state index contributed by atoms with van der Waals surface area (Å²) < 4.78 is 0. The highest BCUT2D eigenvalue weighted by Gasteiger charge is 2.22. The van der Waals surface area contributed by atoms with Gasteiger partial charge in [0, 0.05) is 5.50 Å². The molecular formula is C6H15ClSi. The maximum absolute atomic E-state index is 5.75. The van der Waals surface area contributed by atoms with Crippen molar-refractivity contribution in [3.8, 4) is 0 Å². The average molecular weight is 151 g/mol. The topological polar surface area (TPSA) is 0 Å². The van der Waals surface area contributed by atoms with E-state index in [1.165, 1.54) is 0 Å². The van der Waals surface area contributed by atoms with Crippen molar-refractivity contribution in [3.63, 3.8) is 0 Å². The van der Waals surface area contributed by atoms with E-state index in [0.717, 1.165) is 11.0 Å². The largest absolute Gasteiger partial charge is 0.130 e. The molecule has 2 heteroatoms. The Balaban J connectivity index is 3.71. The summed E-state index contributed by atoms with van der Waals surface area (Å²) in [5.41, 5.74) is 1.71. The van der Waals surface area contributed by atoms with Gasteiger partial charge in [-0.15, -0.1) is 11.6 Å². The fourth-order valence-corrected chi connectivity index (χ4v) is 1.39. The van der Waals surface area contributed by atoms with Gasteiger partial charge in [-0.25, -0.2) is 0 Å². The van der Waals surface area contributed by atoms with Crippen molar-refractivity contribution >= 4 is 19.7 Å². The van der Waals surface area contributed by atoms with E-state index in [-0.39, 0.29) is 0 Å². The summed E-state index contributed by atoms with van der Waals surface area (Å²) in [5.74, 6) is 0. The molecule has 0 atom stereocenters. The first kappa shape index (κ1) is 8.51. The van der Waals surface area contributed by atoms with Gasteiger partial charge in [0.2, 0.25) is 0 Å². The van der Waals surface area contributed by atoms with Crippen LogP contribution in [-0.4, -0.2) is 13.6 Å². The summed E-state index contributed by atoms with van der Waals surface area (Å²) in [6.45, 7) is 9.17. The minimum absolute atomic E-state index is 0.819. The van der Waals surface area contributed by atoms with Gasteiger partial charge in [-0.1, -0.05) is 32.5 Å². The Bertz CT molecular complexity index is 68.9. The van der Waals surface area contributed by atoms with Crippen LogP contribution in [0.5, 0.6) is 0 Å². The molecule has 8 heavy (non-hydrogen) atoms. The molecule has 0 aliphatic rings. The van der Waals surface area contributed by atoms with Gasteiger partial charge in [0.1, 0.15) is 0 Å². The SMILES string of the molecule is CC(C)[Si](C)(C)CCl. The maximum Gasteiger partial charge on any atom is 0.0665 e. The zero-order valence-corrected chi connectivity index (χ0v) is 7.92. The number of alkyl halides is 1. The minimum Gasteiger partial charge on any atom is -0.130 e. The zero-order valence-electron chi connectivity index (χ0n) is 6.16. The van der Waals surface area contributed by atoms with E-state index in [0.29, 0.717) is 0 Å². The van der Waals surface area contributed by atoms with E-state index in [2.05, 4.69) is 26.9 Å². The smallest absolute Gasteiger partial charge is 0.0665 e. The molecule has 0 aromatic carbocycles. The second-order valence-electron chi connectivity index (χ2n) is 3.28. The van der Waals surface area contributed by atoms with Crippen molar-refractivity contribution in [1.82, 2.24) is 0 Å². The Labute approximate surface area is 58.2 Å². The molecule has 0 spiro atoms. The van der Waals surface area contributed by atoms with Crippen LogP contribution in [0.4, 0.5) is 0 Å². The van der Waals surface area contributed by atoms with E-state index in [1.807, 2.05) is 0 Å². The van der Waals surface area contributed by atoms with Crippen LogP contribution in [-0.2, 0) is 0 Å². The van der Waals surface area contributed by atoms with Gasteiger partial charge in [-0.3, -0.25) is 0 Å². The zero-order chi connectivity index (χ0) is 6.78. The van der Waals surface area contributed by atoms with Gasteiger partial charge in [-0.05, 0) is 0 Å². The molecule has 0 nitrogen and oxygen atoms in total. The van der Waals surface area contributed by atoms with Gasteiger partial charge in [0.05, 0.1) is 8.07 Å². The van der Waals surface area contributed by atoms with E-state index >= 15 is 0 Å². The monoisotopic (exact) mass is 150 g/mol. The highest BCUT2D eigenvalue weighted by Crippen LogP contribution is 2.20. The highest BCUT2D eigenvalue weighted by molar-refractivity contribution is 6.84. The van der Waals surface area contributed by atoms with Crippen LogP contribution in [0, 0.1) is 0 Å². The molecule has 0 aliphatic carbocycles. The molecule has 0 unspecified atom stereocenters. The summed E-state index contributed by atoms with van der Waals surface area (Å²) in [7, 11) is -0.989. The minimum atomic E-state index is -0.989. The quantitative estimate of drug-likeness (QED) is 0.420. The Morgan fingerprint density at radius 1 is 1.38 bits per heavy atom. The standard InChI is InChI=1S/C6H15ClSi/c1-6(2)8(3,4)5-7/h6H,5H2,1-4H3. The number of hydrogen-bond donors (Lipinski definition) is 0. The predicted molar refractivity (Wildman–Crippen MR) is 43.3 cm³/mol. The van der Waals surface area contributed by atoms with Gasteiger partial charge in [-0.2, -0.15) is 0 Å². The van der Waals surface area contributed by atoms with Crippen molar-refractivity contribution in [3.05, 3.63) is 0 Å². The Hall–Kier alpha value is 0.507. The van der Waals surface area contributed by atoms with Gasteiger partial charge in [0.15, 0.2) is 0 Å². The first-order valence-electron chi connectivity index (χ1n) is 3.06. The maximum atomic E-state index is 5.75. The van der Waals surface area contributed by atoms with Crippen molar-refractivity contribution in [2.45, 2.75) is 32.5 Å². The molecular weight excluding hydrogens is 136 g/mol. The molecule has 0 aliphatic heterocycles. The van der Waals surface area contributed by atoms with Crippen molar-refractivity contribution in [2.24, 2.45) is 0 Å². The lowest BCUT2D eigenvalue weighted by Crippen LogP contribution is -2.31. The van der Waals surface area contributed by atoms with Gasteiger partial charge in [0.25, 0.3) is 0 Å². The molecule has 0 radical (unpaired) electrons. The summed E-state index contributed by atoms with van der Waals surface area (Å²) in [6, 6.07) is 0. The molecule has 0 heterocycles. The molecule has 0 aromatic rings. The molecule has 0 saturated carbocycles. The van der Waals surface area contributed by atoms with Crippen molar-refractivity contribution in [1.29, 1.82) is 0 Å². The lowest BCUT2D eigenvalue weighted by Gasteiger charge is -2.23. The summed E-state index contributed by atoms with van der Waals surface area (Å²) in [6.07, 6.45) is 0. The third kappa shape index (κ3) is 2.18. The van der Waals surface area contributed by atoms with Gasteiger partial charge >= 0.3 is 0 Å². The van der Waals surface area contributed by atoms with Crippen LogP contribution in [0.25, 0.3) is 0 Å². The van der Waals surface area contributed by atoms with Crippen LogP contribution < -0.4 is 0 Å². The summed E-state index contributed by atoms with van der Waals surface area (Å²) >= 11 is 5.75. The highest BCUT2D eigenvalue weighted by atomic mass is 35.5. The van der Waals surface area contributed by atoms with Gasteiger partial charge < -0.3 is 0 Å². The molecule has 0 amide bonds. The first-order valence-corrected chi connectivity index (χ1v) is 6.88. The lowest BCUT2D eigenvalue weighted by molar-refractivity contribution is 1.01. The molecule has 0 rings (SSSR count). The number of rotatable bonds is 2. The van der Waals surface area contributed by atoms with Crippen LogP contribution in [0.15, 0.2) is 0 Å². The number of hydrogen-bond acceptors (Lipinski definition) is 0. The predicted octanol–water partition coefficient (Wildman–Crippen LogP) is 2.88. The molecule has 50 valence electrons. The molecule has 0 saturated heterocycles. The third-order valence-corrected chi connectivity index (χ3v) is 7.79. The Kier molecular flexibility index (Phi) is 3.06. The summed E-state index contributed by atoms with van der Waals surface area (Å²) in [5, 5.41) is 0. The lowest BCUT2D eigenvalue weighted by atomic mass is 10.6. The Morgan fingerprint density at radius 2 is 1.75 bits per heavy atom. The average Bonchev–Trinajstić information content (AvgIpc) is 1.67. The second-order valence-corrected chi connectivity index (χ2v) is 9.48. The van der Waals surface area contributed by atoms with Crippen LogP contribution >= 0.6 is 11.6 Å². The van der Waals surface area contributed by atoms with Crippen LogP contribution in [0.1, 0.15) is 13.8 Å². The van der Waals surface area contributed by atoms with Crippen LogP contribution in [0.3, 0.4) is 0 Å². The van der Waals surface area contributed by atoms with Crippen molar-refractivity contribution < 1.29 is 0 Å². The van der Waals surface area contributed by atoms with E-state index < -0.39 is 8.07 Å². The third-order valence-electron chi connectivity index (χ3n) is 1.91. The van der Waals surface area contributed by atoms with Crippen LogP contribution in [0.2, 0.25) is 18.6 Å². The normalized spacial score (nSPS) is 12.8.